The first-order valence-corrected chi connectivity index (χ1v) is 4.09. The first kappa shape index (κ1) is 8.73. The van der Waals surface area contributed by atoms with Crippen LogP contribution in [0.3, 0.4) is 0 Å². The van der Waals surface area contributed by atoms with Crippen LogP contribution in [0.4, 0.5) is 0 Å². The summed E-state index contributed by atoms with van der Waals surface area (Å²) in [5.41, 5.74) is 1.23. The molecule has 0 saturated heterocycles. The van der Waals surface area contributed by atoms with Crippen molar-refractivity contribution < 1.29 is 9.21 Å². The first-order valence-electron chi connectivity index (χ1n) is 3.71. The fourth-order valence-corrected chi connectivity index (χ4v) is 1.21. The van der Waals surface area contributed by atoms with E-state index < -0.39 is 5.24 Å². The molecule has 0 spiro atoms. The number of halogens is 1. The summed E-state index contributed by atoms with van der Waals surface area (Å²) in [6.45, 7) is 0. The minimum Gasteiger partial charge on any atom is -0.428 e. The lowest BCUT2D eigenvalue weighted by Gasteiger charge is -1.90. The van der Waals surface area contributed by atoms with E-state index >= 15 is 0 Å². The fourth-order valence-electron chi connectivity index (χ4n) is 1.09. The molecule has 68 valence electrons. The summed E-state index contributed by atoms with van der Waals surface area (Å²) in [5.74, 6) is -0.0285. The molecule has 0 bridgehead atoms. The molecule has 0 fully saturated rings. The third-order valence-electron chi connectivity index (χ3n) is 1.71. The highest BCUT2D eigenvalue weighted by Gasteiger charge is 2.08. The maximum atomic E-state index is 10.8. The maximum Gasteiger partial charge on any atom is 0.301 e. The smallest absolute Gasteiger partial charge is 0.301 e. The Balaban J connectivity index is 2.66. The molecule has 1 heterocycles. The highest BCUT2D eigenvalue weighted by molar-refractivity contribution is 6.67. The third kappa shape index (κ3) is 1.34. The van der Waals surface area contributed by atoms with Gasteiger partial charge in [-0.2, -0.15) is 10.2 Å². The molecule has 0 aliphatic heterocycles. The van der Waals surface area contributed by atoms with Gasteiger partial charge in [-0.3, -0.25) is 4.79 Å². The van der Waals surface area contributed by atoms with Gasteiger partial charge in [0.05, 0.1) is 0 Å². The number of rotatable bonds is 1. The second kappa shape index (κ2) is 3.13. The standard InChI is InChI=1S/C9H3ClN2O2/c10-9(13)5-1-2-6-7(3-5)14-8(4-11)12-6/h1-3H. The molecule has 5 heteroatoms. The minimum atomic E-state index is -0.568. The van der Waals surface area contributed by atoms with Crippen molar-refractivity contribution in [3.63, 3.8) is 0 Å². The van der Waals surface area contributed by atoms with Crippen LogP contribution in [0.25, 0.3) is 11.1 Å². The van der Waals surface area contributed by atoms with Gasteiger partial charge in [0.1, 0.15) is 5.52 Å². The van der Waals surface area contributed by atoms with E-state index in [1.54, 1.807) is 12.1 Å². The van der Waals surface area contributed by atoms with Crippen molar-refractivity contribution in [3.05, 3.63) is 29.7 Å². The molecule has 0 aliphatic carbocycles. The SMILES string of the molecule is N#Cc1nc2ccc(C(=O)Cl)cc2o1. The molecule has 2 aromatic rings. The summed E-state index contributed by atoms with van der Waals surface area (Å²) in [4.78, 5) is 14.7. The number of fused-ring (bicyclic) bond motifs is 1. The zero-order chi connectivity index (χ0) is 10.1. The van der Waals surface area contributed by atoms with Crippen LogP contribution in [0.5, 0.6) is 0 Å². The molecule has 0 aliphatic rings. The Bertz CT molecular complexity index is 553. The van der Waals surface area contributed by atoms with Gasteiger partial charge in [0.2, 0.25) is 0 Å². The molecule has 1 aromatic carbocycles. The monoisotopic (exact) mass is 206 g/mol. The second-order valence-electron chi connectivity index (χ2n) is 2.59. The summed E-state index contributed by atoms with van der Waals surface area (Å²) < 4.78 is 5.02. The Morgan fingerprint density at radius 3 is 3.00 bits per heavy atom. The van der Waals surface area contributed by atoms with Crippen LogP contribution in [-0.4, -0.2) is 10.2 Å². The van der Waals surface area contributed by atoms with Gasteiger partial charge in [0.25, 0.3) is 5.24 Å². The van der Waals surface area contributed by atoms with Crippen LogP contribution >= 0.6 is 11.6 Å². The number of hydrogen-bond donors (Lipinski definition) is 0. The lowest BCUT2D eigenvalue weighted by Crippen LogP contribution is -1.86. The zero-order valence-corrected chi connectivity index (χ0v) is 7.58. The van der Waals surface area contributed by atoms with Crippen LogP contribution in [0, 0.1) is 11.3 Å². The van der Waals surface area contributed by atoms with E-state index in [4.69, 9.17) is 21.3 Å². The summed E-state index contributed by atoms with van der Waals surface area (Å²) in [6, 6.07) is 6.33. The van der Waals surface area contributed by atoms with E-state index in [0.29, 0.717) is 16.7 Å². The minimum absolute atomic E-state index is 0.0285. The Morgan fingerprint density at radius 1 is 1.57 bits per heavy atom. The Labute approximate surface area is 83.7 Å². The van der Waals surface area contributed by atoms with Crippen molar-refractivity contribution in [3.8, 4) is 6.07 Å². The maximum absolute atomic E-state index is 10.8. The second-order valence-corrected chi connectivity index (χ2v) is 2.93. The molecule has 0 atom stereocenters. The van der Waals surface area contributed by atoms with Gasteiger partial charge in [0.15, 0.2) is 11.7 Å². The molecule has 0 radical (unpaired) electrons. The number of hydrogen-bond acceptors (Lipinski definition) is 4. The Kier molecular flexibility index (Phi) is 1.95. The number of benzene rings is 1. The van der Waals surface area contributed by atoms with Gasteiger partial charge in [0, 0.05) is 5.56 Å². The highest BCUT2D eigenvalue weighted by atomic mass is 35.5. The van der Waals surface area contributed by atoms with E-state index in [0.717, 1.165) is 0 Å². The van der Waals surface area contributed by atoms with Crippen molar-refractivity contribution in [2.24, 2.45) is 0 Å². The average molecular weight is 207 g/mol. The molecule has 0 amide bonds. The lowest BCUT2D eigenvalue weighted by atomic mass is 10.2. The van der Waals surface area contributed by atoms with Crippen molar-refractivity contribution >= 4 is 27.9 Å². The van der Waals surface area contributed by atoms with E-state index in [1.807, 2.05) is 0 Å². The van der Waals surface area contributed by atoms with Crippen molar-refractivity contribution in [1.29, 1.82) is 5.26 Å². The molecule has 4 nitrogen and oxygen atoms in total. The number of nitrogens with zero attached hydrogens (tertiary/aromatic N) is 2. The fraction of sp³-hybridized carbons (Fsp3) is 0. The Morgan fingerprint density at radius 2 is 2.36 bits per heavy atom. The van der Waals surface area contributed by atoms with Gasteiger partial charge < -0.3 is 4.42 Å². The quantitative estimate of drug-likeness (QED) is 0.670. The number of carbonyl (C=O) groups excluding carboxylic acids is 1. The zero-order valence-electron chi connectivity index (χ0n) is 6.82. The largest absolute Gasteiger partial charge is 0.428 e. The van der Waals surface area contributed by atoms with Crippen molar-refractivity contribution in [2.45, 2.75) is 0 Å². The topological polar surface area (TPSA) is 66.9 Å². The van der Waals surface area contributed by atoms with E-state index in [2.05, 4.69) is 4.98 Å². The molecular weight excluding hydrogens is 204 g/mol. The van der Waals surface area contributed by atoms with Crippen molar-refractivity contribution in [1.82, 2.24) is 4.98 Å². The predicted octanol–water partition coefficient (Wildman–Crippen LogP) is 2.08. The van der Waals surface area contributed by atoms with Gasteiger partial charge in [-0.1, -0.05) is 0 Å². The molecule has 2 rings (SSSR count). The highest BCUT2D eigenvalue weighted by Crippen LogP contribution is 2.17. The molecule has 14 heavy (non-hydrogen) atoms. The van der Waals surface area contributed by atoms with Gasteiger partial charge in [-0.05, 0) is 29.8 Å². The third-order valence-corrected chi connectivity index (χ3v) is 1.93. The first-order chi connectivity index (χ1) is 6.70. The Hall–Kier alpha value is -1.86. The van der Waals surface area contributed by atoms with Crippen LogP contribution in [0.2, 0.25) is 0 Å². The van der Waals surface area contributed by atoms with E-state index in [9.17, 15) is 4.79 Å². The summed E-state index contributed by atoms with van der Waals surface area (Å²) in [7, 11) is 0. The van der Waals surface area contributed by atoms with Gasteiger partial charge in [-0.15, -0.1) is 0 Å². The summed E-state index contributed by atoms with van der Waals surface area (Å²) >= 11 is 5.28. The molecule has 0 saturated carbocycles. The number of aromatic nitrogens is 1. The average Bonchev–Trinajstić information content (AvgIpc) is 2.58. The summed E-state index contributed by atoms with van der Waals surface area (Å²) in [6.07, 6.45) is 0. The molecule has 1 aromatic heterocycles. The lowest BCUT2D eigenvalue weighted by molar-refractivity contribution is 0.108. The van der Waals surface area contributed by atoms with Gasteiger partial charge in [-0.25, -0.2) is 0 Å². The van der Waals surface area contributed by atoms with Crippen molar-refractivity contribution in [2.75, 3.05) is 0 Å². The summed E-state index contributed by atoms with van der Waals surface area (Å²) in [5, 5.41) is 7.95. The number of carbonyl (C=O) groups is 1. The number of nitriles is 1. The molecular formula is C9H3ClN2O2. The van der Waals surface area contributed by atoms with Crippen LogP contribution < -0.4 is 0 Å². The molecule has 0 unspecified atom stereocenters. The molecule has 0 N–H and O–H groups in total. The van der Waals surface area contributed by atoms with Crippen LogP contribution in [-0.2, 0) is 0 Å². The van der Waals surface area contributed by atoms with Crippen LogP contribution in [0.15, 0.2) is 22.6 Å². The number of oxazole rings is 1. The van der Waals surface area contributed by atoms with Crippen LogP contribution in [0.1, 0.15) is 16.2 Å². The predicted molar refractivity (Wildman–Crippen MR) is 48.9 cm³/mol. The van der Waals surface area contributed by atoms with Gasteiger partial charge >= 0.3 is 5.89 Å². The van der Waals surface area contributed by atoms with E-state index in [-0.39, 0.29) is 5.89 Å². The van der Waals surface area contributed by atoms with E-state index in [1.165, 1.54) is 12.1 Å². The normalized spacial score (nSPS) is 10.0.